The van der Waals surface area contributed by atoms with Crippen LogP contribution >= 0.6 is 0 Å². The molecule has 0 spiro atoms. The molecule has 0 N–H and O–H groups in total. The molecule has 34 heavy (non-hydrogen) atoms. The van der Waals surface area contributed by atoms with Gasteiger partial charge in [0.2, 0.25) is 0 Å². The molecule has 0 saturated carbocycles. The second kappa shape index (κ2) is 8.71. The van der Waals surface area contributed by atoms with Gasteiger partial charge < -0.3 is 14.4 Å². The predicted octanol–water partition coefficient (Wildman–Crippen LogP) is 4.36. The number of anilines is 1. The lowest BCUT2D eigenvalue weighted by molar-refractivity contribution is -0.120. The number of methoxy groups -OCH3 is 2. The highest BCUT2D eigenvalue weighted by atomic mass is 16.5. The second-order valence-corrected chi connectivity index (χ2v) is 8.51. The van der Waals surface area contributed by atoms with Crippen LogP contribution in [0.4, 0.5) is 5.69 Å². The molecule has 172 valence electrons. The van der Waals surface area contributed by atoms with Gasteiger partial charge in [-0.25, -0.2) is 4.90 Å². The van der Waals surface area contributed by atoms with Gasteiger partial charge >= 0.3 is 0 Å². The lowest BCUT2D eigenvalue weighted by Gasteiger charge is -2.31. The third-order valence-corrected chi connectivity index (χ3v) is 6.46. The molecule has 2 aliphatic heterocycles. The Kier molecular flexibility index (Phi) is 5.57. The minimum Gasteiger partial charge on any atom is -0.497 e. The molecule has 0 saturated heterocycles. The number of carbonyl (C=O) groups is 2. The van der Waals surface area contributed by atoms with Crippen LogP contribution in [0.2, 0.25) is 0 Å². The molecule has 2 heterocycles. The zero-order chi connectivity index (χ0) is 23.8. The largest absolute Gasteiger partial charge is 0.497 e. The van der Waals surface area contributed by atoms with Gasteiger partial charge in [0.1, 0.15) is 17.2 Å². The molecule has 6 heteroatoms. The maximum atomic E-state index is 13.9. The van der Waals surface area contributed by atoms with Crippen LogP contribution in [0.15, 0.2) is 72.4 Å². The van der Waals surface area contributed by atoms with Crippen molar-refractivity contribution in [3.8, 4) is 11.5 Å². The van der Waals surface area contributed by atoms with Gasteiger partial charge in [-0.1, -0.05) is 42.5 Å². The van der Waals surface area contributed by atoms with Gasteiger partial charge in [0.15, 0.2) is 0 Å². The van der Waals surface area contributed by atoms with Gasteiger partial charge in [0, 0.05) is 13.1 Å². The Hall–Kier alpha value is -4.06. The fraction of sp³-hybridized carbons (Fsp3) is 0.214. The summed E-state index contributed by atoms with van der Waals surface area (Å²) in [5, 5.41) is 0. The summed E-state index contributed by atoms with van der Waals surface area (Å²) in [4.78, 5) is 31.1. The van der Waals surface area contributed by atoms with E-state index in [1.807, 2.05) is 48.2 Å². The third kappa shape index (κ3) is 3.61. The van der Waals surface area contributed by atoms with Crippen molar-refractivity contribution in [1.29, 1.82) is 0 Å². The van der Waals surface area contributed by atoms with Gasteiger partial charge in [-0.2, -0.15) is 0 Å². The summed E-state index contributed by atoms with van der Waals surface area (Å²) >= 11 is 0. The van der Waals surface area contributed by atoms with E-state index in [9.17, 15) is 9.59 Å². The van der Waals surface area contributed by atoms with Gasteiger partial charge in [0.05, 0.1) is 25.5 Å². The quantitative estimate of drug-likeness (QED) is 0.537. The third-order valence-electron chi connectivity index (χ3n) is 6.46. The van der Waals surface area contributed by atoms with Crippen LogP contribution in [0.3, 0.4) is 0 Å². The first-order chi connectivity index (χ1) is 16.5. The molecule has 0 radical (unpaired) electrons. The Labute approximate surface area is 199 Å². The number of fused-ring (bicyclic) bond motifs is 1. The van der Waals surface area contributed by atoms with Gasteiger partial charge in [-0.05, 0) is 59.9 Å². The van der Waals surface area contributed by atoms with E-state index in [4.69, 9.17) is 9.47 Å². The van der Waals surface area contributed by atoms with E-state index in [0.29, 0.717) is 47.1 Å². The second-order valence-electron chi connectivity index (χ2n) is 8.51. The van der Waals surface area contributed by atoms with Crippen LogP contribution in [-0.4, -0.2) is 37.5 Å². The summed E-state index contributed by atoms with van der Waals surface area (Å²) in [6, 6.07) is 21.0. The molecular weight excluding hydrogens is 428 g/mol. The molecule has 2 amide bonds. The SMILES string of the molecule is COc1ccc(C2=C(N3CCc4ccccc4C3)C(=O)N(c3cc(C)ccc3OC)C2=O)cc1. The topological polar surface area (TPSA) is 59.1 Å². The van der Waals surface area contributed by atoms with Crippen molar-refractivity contribution in [2.24, 2.45) is 0 Å². The zero-order valence-corrected chi connectivity index (χ0v) is 19.5. The number of imide groups is 1. The summed E-state index contributed by atoms with van der Waals surface area (Å²) < 4.78 is 10.8. The number of hydrogen-bond donors (Lipinski definition) is 0. The molecule has 5 rings (SSSR count). The van der Waals surface area contributed by atoms with Gasteiger partial charge in [0.25, 0.3) is 11.8 Å². The predicted molar refractivity (Wildman–Crippen MR) is 131 cm³/mol. The van der Waals surface area contributed by atoms with Crippen molar-refractivity contribution in [2.45, 2.75) is 19.9 Å². The van der Waals surface area contributed by atoms with E-state index in [1.54, 1.807) is 32.4 Å². The van der Waals surface area contributed by atoms with Crippen molar-refractivity contribution in [2.75, 3.05) is 25.7 Å². The van der Waals surface area contributed by atoms with E-state index in [0.717, 1.165) is 12.0 Å². The first kappa shape index (κ1) is 21.8. The van der Waals surface area contributed by atoms with Crippen molar-refractivity contribution in [3.05, 3.63) is 94.7 Å². The Morgan fingerprint density at radius 3 is 2.26 bits per heavy atom. The molecule has 0 atom stereocenters. The van der Waals surface area contributed by atoms with E-state index < -0.39 is 0 Å². The lowest BCUT2D eigenvalue weighted by Crippen LogP contribution is -2.37. The summed E-state index contributed by atoms with van der Waals surface area (Å²) in [5.74, 6) is 0.477. The average Bonchev–Trinajstić information content (AvgIpc) is 3.13. The molecule has 0 fully saturated rings. The van der Waals surface area contributed by atoms with Crippen LogP contribution in [0, 0.1) is 6.92 Å². The summed E-state index contributed by atoms with van der Waals surface area (Å²) in [6.07, 6.45) is 0.810. The van der Waals surface area contributed by atoms with Crippen molar-refractivity contribution < 1.29 is 19.1 Å². The number of nitrogens with zero attached hydrogens (tertiary/aromatic N) is 2. The number of benzene rings is 3. The number of ether oxygens (including phenoxy) is 2. The number of aryl methyl sites for hydroxylation is 1. The molecule has 0 bridgehead atoms. The normalized spacial score (nSPS) is 15.6. The average molecular weight is 455 g/mol. The molecule has 0 unspecified atom stereocenters. The van der Waals surface area contributed by atoms with E-state index in [-0.39, 0.29) is 11.8 Å². The Balaban J connectivity index is 1.64. The minimum atomic E-state index is -0.354. The van der Waals surface area contributed by atoms with Crippen molar-refractivity contribution >= 4 is 23.1 Å². The molecule has 0 aliphatic carbocycles. The first-order valence-electron chi connectivity index (χ1n) is 11.3. The van der Waals surface area contributed by atoms with Crippen LogP contribution in [0.5, 0.6) is 11.5 Å². The summed E-state index contributed by atoms with van der Waals surface area (Å²) in [5.41, 5.74) is 5.34. The summed E-state index contributed by atoms with van der Waals surface area (Å²) in [6.45, 7) is 3.15. The molecule has 2 aliphatic rings. The van der Waals surface area contributed by atoms with Gasteiger partial charge in [-0.3, -0.25) is 9.59 Å². The van der Waals surface area contributed by atoms with Gasteiger partial charge in [-0.15, -0.1) is 0 Å². The fourth-order valence-electron chi connectivity index (χ4n) is 4.71. The van der Waals surface area contributed by atoms with Crippen molar-refractivity contribution in [1.82, 2.24) is 4.90 Å². The van der Waals surface area contributed by atoms with Crippen LogP contribution in [0.1, 0.15) is 22.3 Å². The maximum absolute atomic E-state index is 13.9. The molecule has 3 aromatic rings. The lowest BCUT2D eigenvalue weighted by atomic mass is 9.98. The highest BCUT2D eigenvalue weighted by molar-refractivity contribution is 6.45. The molecule has 6 nitrogen and oxygen atoms in total. The zero-order valence-electron chi connectivity index (χ0n) is 19.5. The van der Waals surface area contributed by atoms with Crippen LogP contribution in [0.25, 0.3) is 5.57 Å². The number of hydrogen-bond acceptors (Lipinski definition) is 5. The summed E-state index contributed by atoms with van der Waals surface area (Å²) in [7, 11) is 3.14. The first-order valence-corrected chi connectivity index (χ1v) is 11.3. The number of amides is 2. The number of rotatable bonds is 5. The minimum absolute atomic E-state index is 0.334. The highest BCUT2D eigenvalue weighted by Gasteiger charge is 2.44. The molecule has 0 aromatic heterocycles. The Morgan fingerprint density at radius 2 is 1.56 bits per heavy atom. The van der Waals surface area contributed by atoms with E-state index in [1.165, 1.54) is 16.0 Å². The standard InChI is InChI=1S/C28H26N2O4/c1-18-8-13-24(34-3)23(16-18)30-27(31)25(20-9-11-22(33-2)12-10-20)26(28(30)32)29-15-14-19-6-4-5-7-21(19)17-29/h4-13,16H,14-15,17H2,1-3H3. The van der Waals surface area contributed by atoms with Crippen LogP contribution < -0.4 is 14.4 Å². The maximum Gasteiger partial charge on any atom is 0.282 e. The van der Waals surface area contributed by atoms with Crippen molar-refractivity contribution in [3.63, 3.8) is 0 Å². The highest BCUT2D eigenvalue weighted by Crippen LogP contribution is 2.40. The molecule has 3 aromatic carbocycles. The Morgan fingerprint density at radius 1 is 0.824 bits per heavy atom. The fourth-order valence-corrected chi connectivity index (χ4v) is 4.71. The number of carbonyl (C=O) groups excluding carboxylic acids is 2. The molecular formula is C28H26N2O4. The van der Waals surface area contributed by atoms with Crippen LogP contribution in [-0.2, 0) is 22.6 Å². The Bertz CT molecular complexity index is 1310. The van der Waals surface area contributed by atoms with E-state index in [2.05, 4.69) is 12.1 Å². The monoisotopic (exact) mass is 454 g/mol. The van der Waals surface area contributed by atoms with E-state index >= 15 is 0 Å². The smallest absolute Gasteiger partial charge is 0.282 e.